The Hall–Kier alpha value is -10.8. The van der Waals surface area contributed by atoms with E-state index in [9.17, 15) is 77.5 Å². The number of aliphatic carboxylic acids is 1. The molecule has 0 saturated carbocycles. The van der Waals surface area contributed by atoms with Crippen molar-refractivity contribution in [1.29, 1.82) is 0 Å². The molecule has 10 N–H and O–H groups in total. The first-order valence-electron chi connectivity index (χ1n) is 34.5. The van der Waals surface area contributed by atoms with Gasteiger partial charge in [-0.3, -0.25) is 38.8 Å². The molecule has 2 aromatic heterocycles. The van der Waals surface area contributed by atoms with Gasteiger partial charge in [-0.1, -0.05) is 101 Å². The van der Waals surface area contributed by atoms with E-state index in [0.29, 0.717) is 42.3 Å². The van der Waals surface area contributed by atoms with E-state index < -0.39 is 105 Å². The molecule has 2 saturated heterocycles. The van der Waals surface area contributed by atoms with Crippen molar-refractivity contribution in [3.05, 3.63) is 203 Å². The Balaban J connectivity index is 0.000000243. The minimum Gasteiger partial charge on any atom is -0.474 e. The highest BCUT2D eigenvalue weighted by Crippen LogP contribution is 2.36. The summed E-state index contributed by atoms with van der Waals surface area (Å²) in [7, 11) is -7.56. The SMILES string of the molecule is CC1CC=C(OS(=O)(=O)C(F)(F)F)N(C(=O)OC(C)(C)C)C1.CC1CC=C(c2ccccc2F)N(C(=O)OC(C)(C)C)C1.CC1CCC(c2ccccc2F)NC1.C[C@H]1CC[C@H](c2ccccc2F)N(C(=O)C(=O)Nc2cncc(C(N)=O)c2)C1.NC(=O)c1cncc(NC(=O)C(=O)O)c1.OB(O)c1ccccc1F. The van der Waals surface area contributed by atoms with Crippen LogP contribution in [0.2, 0.25) is 0 Å². The fraction of sp³-hybridized carbons (Fsp3) is 0.387. The van der Waals surface area contributed by atoms with Gasteiger partial charge in [0.15, 0.2) is 0 Å². The van der Waals surface area contributed by atoms with Crippen molar-refractivity contribution in [1.82, 2.24) is 30.0 Å². The quantitative estimate of drug-likeness (QED) is 0.0208. The van der Waals surface area contributed by atoms with Crippen LogP contribution in [0.25, 0.3) is 5.70 Å². The van der Waals surface area contributed by atoms with E-state index in [1.54, 1.807) is 70.2 Å². The molecule has 6 atom stereocenters. The third-order valence-corrected chi connectivity index (χ3v) is 17.2. The van der Waals surface area contributed by atoms with Crippen molar-refractivity contribution < 1.29 is 106 Å². The van der Waals surface area contributed by atoms with Crippen LogP contribution in [0.3, 0.4) is 0 Å². The highest BCUT2D eigenvalue weighted by Gasteiger charge is 2.50. The number of nitrogens with one attached hydrogen (secondary N) is 3. The molecule has 110 heavy (non-hydrogen) atoms. The Morgan fingerprint density at radius 1 is 0.573 bits per heavy atom. The number of likely N-dealkylation sites (tertiary alicyclic amines) is 1. The van der Waals surface area contributed by atoms with Crippen molar-refractivity contribution >= 4 is 87.5 Å². The number of nitrogens with two attached hydrogens (primary N) is 2. The predicted octanol–water partition coefficient (Wildman–Crippen LogP) is 11.3. The van der Waals surface area contributed by atoms with Gasteiger partial charge in [-0.2, -0.15) is 21.6 Å². The molecule has 0 radical (unpaired) electrons. The van der Waals surface area contributed by atoms with Crippen molar-refractivity contribution in [3.8, 4) is 0 Å². The number of carbonyl (C=O) groups is 8. The molecule has 594 valence electrons. The minimum atomic E-state index is -5.84. The van der Waals surface area contributed by atoms with Crippen LogP contribution in [-0.2, 0) is 43.0 Å². The molecule has 4 aliphatic rings. The summed E-state index contributed by atoms with van der Waals surface area (Å²) in [5, 5.41) is 33.2. The Morgan fingerprint density at radius 2 is 1.04 bits per heavy atom. The van der Waals surface area contributed by atoms with Gasteiger partial charge < -0.3 is 61.1 Å². The van der Waals surface area contributed by atoms with Crippen LogP contribution in [0, 0.1) is 46.9 Å². The molecule has 0 bridgehead atoms. The van der Waals surface area contributed by atoms with Gasteiger partial charge in [0.1, 0.15) is 34.5 Å². The van der Waals surface area contributed by atoms with Crippen LogP contribution in [0.5, 0.6) is 0 Å². The monoisotopic (exact) mass is 1560 g/mol. The number of pyridine rings is 2. The number of ether oxygens (including phenoxy) is 2. The van der Waals surface area contributed by atoms with Gasteiger partial charge in [0.25, 0.3) is 0 Å². The summed E-state index contributed by atoms with van der Waals surface area (Å²) in [4.78, 5) is 104. The summed E-state index contributed by atoms with van der Waals surface area (Å²) in [6.07, 6.45) is 11.4. The van der Waals surface area contributed by atoms with E-state index in [4.69, 9.17) is 36.1 Å². The smallest absolute Gasteiger partial charge is 0.474 e. The summed E-state index contributed by atoms with van der Waals surface area (Å²) in [6, 6.07) is 27.6. The average molecular weight is 1560 g/mol. The lowest BCUT2D eigenvalue weighted by molar-refractivity contribution is -0.147. The molecule has 6 aromatic rings. The number of aromatic nitrogens is 2. The summed E-state index contributed by atoms with van der Waals surface area (Å²) < 4.78 is 128. The van der Waals surface area contributed by atoms with Gasteiger partial charge in [0.2, 0.25) is 17.7 Å². The van der Waals surface area contributed by atoms with Gasteiger partial charge in [-0.05, 0) is 159 Å². The lowest BCUT2D eigenvalue weighted by Crippen LogP contribution is -2.46. The van der Waals surface area contributed by atoms with E-state index in [1.165, 1.54) is 95.6 Å². The number of anilines is 2. The minimum absolute atomic E-state index is 0.00583. The second-order valence-electron chi connectivity index (χ2n) is 28.1. The summed E-state index contributed by atoms with van der Waals surface area (Å²) >= 11 is 0. The number of carboxylic acids is 1. The van der Waals surface area contributed by atoms with Crippen molar-refractivity contribution in [2.24, 2.45) is 35.1 Å². The first kappa shape index (κ1) is 89.8. The van der Waals surface area contributed by atoms with Crippen LogP contribution in [0.4, 0.5) is 51.7 Å². The largest absolute Gasteiger partial charge is 0.534 e. The molecule has 7 amide bonds. The number of nitrogens with zero attached hydrogens (tertiary/aromatic N) is 5. The molecule has 4 aliphatic heterocycles. The standard InChI is InChI=1S/C20H21FN4O3.C17H22FNO2.C12H18F3NO5S.C12H16FN.C8H7N3O4.C6H6BFO2/c1-12-6-7-17(15-4-2-3-5-16(15)21)25(11-12)20(28)19(27)24-14-8-13(18(22)26)9-23-10-14;1-12-9-10-15(13-7-5-6-8-14(13)18)19(11-12)16(20)21-17(2,3)4;1-8-5-6-9(21-22(18,19)12(13,14)15)16(7-8)10(17)20-11(2,3)4;1-9-6-7-12(14-8-9)10-4-2-3-5-11(10)13;9-6(12)4-1-5(3-10-2-4)11-7(13)8(14)15;8-6-4-2-1-3-5(6)7(9)10/h2-5,8-10,12,17H,6-7,11H2,1H3,(H2,22,26)(H,24,27);5-8,10,12H,9,11H2,1-4H3;6,8H,5,7H2,1-4H3;2-5,9,12,14H,6-8H2,1H3;1-3H,(H2,9,12)(H,11,13)(H,14,15);1-4,9-10H/t12-,17+;;;;;/m0...../s1. The van der Waals surface area contributed by atoms with Crippen LogP contribution in [-0.4, -0.2) is 146 Å². The Labute approximate surface area is 632 Å². The van der Waals surface area contributed by atoms with Gasteiger partial charge in [0.05, 0.1) is 46.6 Å². The number of piperidine rings is 2. The molecule has 4 unspecified atom stereocenters. The molecule has 0 aliphatic carbocycles. The zero-order valence-electron chi connectivity index (χ0n) is 62.1. The number of hydrogen-bond donors (Lipinski definition) is 8. The lowest BCUT2D eigenvalue weighted by atomic mass is 9.80. The van der Waals surface area contributed by atoms with Crippen LogP contribution >= 0.6 is 0 Å². The zero-order valence-corrected chi connectivity index (χ0v) is 62.9. The number of amides is 7. The van der Waals surface area contributed by atoms with Crippen LogP contribution < -0.4 is 32.9 Å². The highest BCUT2D eigenvalue weighted by atomic mass is 32.2. The number of benzene rings is 4. The van der Waals surface area contributed by atoms with Crippen molar-refractivity contribution in [2.45, 2.75) is 137 Å². The number of carboxylic acid groups (broad SMARTS) is 1. The average Bonchev–Trinajstić information content (AvgIpc) is 0.811. The first-order chi connectivity index (χ1) is 51.4. The number of allylic oxidation sites excluding steroid dienone is 2. The maximum absolute atomic E-state index is 14.3. The lowest BCUT2D eigenvalue weighted by Gasteiger charge is -2.38. The van der Waals surface area contributed by atoms with E-state index in [1.807, 2.05) is 51.2 Å². The maximum Gasteiger partial charge on any atom is 0.534 e. The van der Waals surface area contributed by atoms with Crippen molar-refractivity contribution in [2.75, 3.05) is 36.8 Å². The normalized spacial score (nSPS) is 18.3. The molecule has 0 spiro atoms. The number of primary amides is 2. The van der Waals surface area contributed by atoms with E-state index in [0.717, 1.165) is 48.3 Å². The van der Waals surface area contributed by atoms with Gasteiger partial charge in [-0.25, -0.2) is 36.8 Å². The Kier molecular flexibility index (Phi) is 33.2. The number of rotatable bonds is 10. The molecule has 4 aromatic carbocycles. The Morgan fingerprint density at radius 3 is 1.50 bits per heavy atom. The van der Waals surface area contributed by atoms with E-state index >= 15 is 0 Å². The Bertz CT molecular complexity index is 4380. The molecule has 2 fully saturated rings. The second kappa shape index (κ2) is 40.6. The zero-order chi connectivity index (χ0) is 82.2. The van der Waals surface area contributed by atoms with E-state index in [2.05, 4.69) is 38.6 Å². The fourth-order valence-corrected chi connectivity index (χ4v) is 11.3. The summed E-state index contributed by atoms with van der Waals surface area (Å²) in [6.45, 7) is 20.1. The number of alkyl halides is 3. The van der Waals surface area contributed by atoms with Gasteiger partial charge in [-0.15, -0.1) is 0 Å². The molecule has 26 nitrogen and oxygen atoms in total. The highest BCUT2D eigenvalue weighted by molar-refractivity contribution is 7.87. The summed E-state index contributed by atoms with van der Waals surface area (Å²) in [5.41, 5.74) is 5.77. The van der Waals surface area contributed by atoms with E-state index in [-0.39, 0.29) is 70.4 Å². The third kappa shape index (κ3) is 28.3. The first-order valence-corrected chi connectivity index (χ1v) is 35.9. The molecular formula is C75H90BF7N10O16S. The topological polar surface area (TPSA) is 383 Å². The number of carbonyl (C=O) groups excluding carboxylic acids is 7. The number of halogens is 7. The molecule has 6 heterocycles. The summed E-state index contributed by atoms with van der Waals surface area (Å²) in [5.74, 6) is -6.82. The molecule has 10 rings (SSSR count). The maximum atomic E-state index is 14.3. The molecular weight excluding hydrogens is 1470 g/mol. The van der Waals surface area contributed by atoms with Crippen LogP contribution in [0.15, 0.2) is 152 Å². The van der Waals surface area contributed by atoms with Crippen LogP contribution in [0.1, 0.15) is 157 Å². The molecule has 35 heteroatoms. The fourth-order valence-electron chi connectivity index (χ4n) is 10.9. The number of hydrogen-bond acceptors (Lipinski definition) is 18. The van der Waals surface area contributed by atoms with Crippen molar-refractivity contribution in [3.63, 3.8) is 0 Å². The second-order valence-corrected chi connectivity index (χ2v) is 29.6. The predicted molar refractivity (Wildman–Crippen MR) is 393 cm³/mol. The van der Waals surface area contributed by atoms with Gasteiger partial charge >= 0.3 is 58.6 Å². The third-order valence-electron chi connectivity index (χ3n) is 16.2. The van der Waals surface area contributed by atoms with Gasteiger partial charge in [0, 0.05) is 60.2 Å².